The van der Waals surface area contributed by atoms with Crippen LogP contribution in [0.1, 0.15) is 67.7 Å². The van der Waals surface area contributed by atoms with E-state index in [0.717, 1.165) is 11.1 Å². The number of allylic oxidation sites excluding steroid dienone is 1. The highest BCUT2D eigenvalue weighted by atomic mass is 16.7. The van der Waals surface area contributed by atoms with Crippen LogP contribution in [0, 0.1) is 11.3 Å². The Kier molecular flexibility index (Phi) is 6.15. The van der Waals surface area contributed by atoms with Crippen LogP contribution in [0.3, 0.4) is 0 Å². The van der Waals surface area contributed by atoms with Crippen molar-refractivity contribution in [3.8, 4) is 0 Å². The molecule has 9 heteroatoms. The van der Waals surface area contributed by atoms with Gasteiger partial charge in [0.25, 0.3) is 0 Å². The Morgan fingerprint density at radius 3 is 2.14 bits per heavy atom. The first-order chi connectivity index (χ1) is 16.3. The first-order valence-electron chi connectivity index (χ1n) is 12.0. The molecule has 2 saturated heterocycles. The molecule has 1 spiro atoms. The molecule has 0 bridgehead atoms. The topological polar surface area (TPSA) is 118 Å². The van der Waals surface area contributed by atoms with E-state index < -0.39 is 70.8 Å². The Labute approximate surface area is 205 Å². The minimum absolute atomic E-state index is 0.405. The lowest BCUT2D eigenvalue weighted by Gasteiger charge is -2.52. The van der Waals surface area contributed by atoms with Gasteiger partial charge in [0.1, 0.15) is 18.3 Å². The van der Waals surface area contributed by atoms with Crippen molar-refractivity contribution in [3.63, 3.8) is 0 Å². The van der Waals surface area contributed by atoms with Crippen molar-refractivity contribution in [3.05, 3.63) is 23.3 Å². The first kappa shape index (κ1) is 25.4. The Bertz CT molecular complexity index is 1030. The Morgan fingerprint density at radius 2 is 1.57 bits per heavy atom. The fourth-order valence-corrected chi connectivity index (χ4v) is 6.50. The molecule has 0 N–H and O–H groups in total. The van der Waals surface area contributed by atoms with Gasteiger partial charge in [0.2, 0.25) is 0 Å². The van der Waals surface area contributed by atoms with Crippen LogP contribution in [0.5, 0.6) is 0 Å². The number of ether oxygens (including phenoxy) is 5. The molecule has 192 valence electrons. The zero-order chi connectivity index (χ0) is 25.9. The maximum Gasteiger partial charge on any atom is 0.342 e. The van der Waals surface area contributed by atoms with Crippen LogP contribution in [-0.4, -0.2) is 59.5 Å². The quantitative estimate of drug-likeness (QED) is 0.255. The van der Waals surface area contributed by atoms with Gasteiger partial charge < -0.3 is 23.7 Å². The highest BCUT2D eigenvalue weighted by molar-refractivity contribution is 5.89. The summed E-state index contributed by atoms with van der Waals surface area (Å²) in [5, 5.41) is 0. The number of hydrogen-bond donors (Lipinski definition) is 0. The lowest BCUT2D eigenvalue weighted by molar-refractivity contribution is -0.197. The minimum atomic E-state index is -1.31. The summed E-state index contributed by atoms with van der Waals surface area (Å²) >= 11 is 0. The minimum Gasteiger partial charge on any atom is -0.462 e. The van der Waals surface area contributed by atoms with Gasteiger partial charge in [0.05, 0.1) is 5.41 Å². The molecule has 2 heterocycles. The van der Waals surface area contributed by atoms with Crippen molar-refractivity contribution >= 4 is 23.9 Å². The summed E-state index contributed by atoms with van der Waals surface area (Å²) in [6.07, 6.45) is 2.10. The molecular weight excluding hydrogens is 456 g/mol. The van der Waals surface area contributed by atoms with Gasteiger partial charge in [-0.25, -0.2) is 4.79 Å². The molecule has 8 atom stereocenters. The summed E-state index contributed by atoms with van der Waals surface area (Å²) in [5.74, 6) is -2.60. The summed E-state index contributed by atoms with van der Waals surface area (Å²) in [4.78, 5) is 49.7. The highest BCUT2D eigenvalue weighted by Gasteiger charge is 2.87. The van der Waals surface area contributed by atoms with Crippen molar-refractivity contribution in [2.24, 2.45) is 11.3 Å². The van der Waals surface area contributed by atoms with E-state index in [2.05, 4.69) is 0 Å². The largest absolute Gasteiger partial charge is 0.462 e. The molecule has 0 aromatic carbocycles. The number of carbonyl (C=O) groups excluding carboxylic acids is 4. The summed E-state index contributed by atoms with van der Waals surface area (Å²) < 4.78 is 29.6. The molecule has 0 radical (unpaired) electrons. The van der Waals surface area contributed by atoms with Gasteiger partial charge in [-0.1, -0.05) is 24.1 Å². The van der Waals surface area contributed by atoms with Crippen LogP contribution in [0.4, 0.5) is 0 Å². The van der Waals surface area contributed by atoms with Crippen molar-refractivity contribution in [2.75, 3.05) is 0 Å². The third-order valence-electron chi connectivity index (χ3n) is 8.20. The summed E-state index contributed by atoms with van der Waals surface area (Å²) in [6, 6.07) is 0. The van der Waals surface area contributed by atoms with E-state index >= 15 is 0 Å². The lowest BCUT2D eigenvalue weighted by Crippen LogP contribution is -2.61. The van der Waals surface area contributed by atoms with Gasteiger partial charge >= 0.3 is 23.9 Å². The fraction of sp³-hybridized carbons (Fsp3) is 0.692. The van der Waals surface area contributed by atoms with Crippen LogP contribution < -0.4 is 0 Å². The molecule has 2 aliphatic carbocycles. The summed E-state index contributed by atoms with van der Waals surface area (Å²) in [6.45, 7) is 11.3. The van der Waals surface area contributed by atoms with Gasteiger partial charge in [-0.15, -0.1) is 0 Å². The van der Waals surface area contributed by atoms with E-state index in [-0.39, 0.29) is 0 Å². The average molecular weight is 491 g/mol. The zero-order valence-corrected chi connectivity index (χ0v) is 21.3. The molecule has 2 aliphatic heterocycles. The molecular formula is C26H34O9. The van der Waals surface area contributed by atoms with E-state index in [0.29, 0.717) is 19.3 Å². The van der Waals surface area contributed by atoms with E-state index in [1.165, 1.54) is 20.8 Å². The number of fused-ring (bicyclic) bond motifs is 1. The van der Waals surface area contributed by atoms with E-state index in [4.69, 9.17) is 23.7 Å². The van der Waals surface area contributed by atoms with Crippen LogP contribution in [0.25, 0.3) is 0 Å². The van der Waals surface area contributed by atoms with E-state index in [9.17, 15) is 19.2 Å². The second-order valence-corrected chi connectivity index (χ2v) is 10.6. The van der Waals surface area contributed by atoms with Gasteiger partial charge in [-0.2, -0.15) is 0 Å². The van der Waals surface area contributed by atoms with Crippen molar-refractivity contribution < 1.29 is 42.9 Å². The standard InChI is InChI=1S/C26H34O9/c1-13-8-10-18(31-15(3)27)24(6)19(32-16(4)28)11-9-14(2)21(24)22(33-17(5)29)26-20(12-13)34-23(30)25(26,7)35-26/h9,12,18-22H,8,10-11H2,1-7H3/b13-12-/t18-,19+,20+,21-,22?,24+,25+,26+/m1/s1. The molecule has 2 fully saturated rings. The molecule has 4 rings (SSSR count). The highest BCUT2D eigenvalue weighted by Crippen LogP contribution is 2.65. The number of epoxide rings is 1. The second kappa shape index (κ2) is 8.47. The summed E-state index contributed by atoms with van der Waals surface area (Å²) in [7, 11) is 0. The van der Waals surface area contributed by atoms with Gasteiger partial charge in [0.15, 0.2) is 17.3 Å². The van der Waals surface area contributed by atoms with Gasteiger partial charge in [-0.05, 0) is 39.7 Å². The predicted octanol–water partition coefficient (Wildman–Crippen LogP) is 2.95. The van der Waals surface area contributed by atoms with Crippen molar-refractivity contribution in [1.82, 2.24) is 0 Å². The predicted molar refractivity (Wildman–Crippen MR) is 122 cm³/mol. The first-order valence-corrected chi connectivity index (χ1v) is 12.0. The Morgan fingerprint density at radius 1 is 0.971 bits per heavy atom. The monoisotopic (exact) mass is 490 g/mol. The summed E-state index contributed by atoms with van der Waals surface area (Å²) in [5.41, 5.74) is -1.79. The van der Waals surface area contributed by atoms with E-state index in [1.807, 2.05) is 32.9 Å². The van der Waals surface area contributed by atoms with Crippen LogP contribution in [-0.2, 0) is 42.9 Å². The third kappa shape index (κ3) is 3.79. The second-order valence-electron chi connectivity index (χ2n) is 10.6. The maximum absolute atomic E-state index is 12.9. The van der Waals surface area contributed by atoms with Crippen molar-refractivity contribution in [2.45, 2.75) is 103 Å². The Balaban J connectivity index is 1.98. The molecule has 35 heavy (non-hydrogen) atoms. The maximum atomic E-state index is 12.9. The van der Waals surface area contributed by atoms with E-state index in [1.54, 1.807) is 6.92 Å². The fourth-order valence-electron chi connectivity index (χ4n) is 6.50. The molecule has 0 amide bonds. The van der Waals surface area contributed by atoms with Gasteiger partial charge in [0, 0.05) is 33.1 Å². The Hall–Kier alpha value is -2.68. The average Bonchev–Trinajstić information content (AvgIpc) is 3.32. The van der Waals surface area contributed by atoms with Crippen LogP contribution >= 0.6 is 0 Å². The number of hydrogen-bond acceptors (Lipinski definition) is 9. The molecule has 4 aliphatic rings. The van der Waals surface area contributed by atoms with Crippen molar-refractivity contribution in [1.29, 1.82) is 0 Å². The van der Waals surface area contributed by atoms with Gasteiger partial charge in [-0.3, -0.25) is 14.4 Å². The number of carbonyl (C=O) groups is 4. The molecule has 0 aromatic heterocycles. The molecule has 0 saturated carbocycles. The lowest BCUT2D eigenvalue weighted by atomic mass is 9.57. The third-order valence-corrected chi connectivity index (χ3v) is 8.20. The molecule has 9 nitrogen and oxygen atoms in total. The number of esters is 4. The molecule has 0 aromatic rings. The smallest absolute Gasteiger partial charge is 0.342 e. The zero-order valence-electron chi connectivity index (χ0n) is 21.3. The number of rotatable bonds is 3. The SMILES string of the molecule is CC(=O)OC1[C@H]2C(C)=CC[C@H](OC(C)=O)[C@]2(C)[C@H](OC(C)=O)CC/C(C)=C\[C@@H]2OC(=O)[C@]3(C)O[C@]123. The molecule has 1 unspecified atom stereocenters. The van der Waals surface area contributed by atoms with Crippen LogP contribution in [0.2, 0.25) is 0 Å². The van der Waals surface area contributed by atoms with Crippen LogP contribution in [0.15, 0.2) is 23.3 Å². The normalized spacial score (nSPS) is 43.6.